The van der Waals surface area contributed by atoms with E-state index in [0.717, 1.165) is 0 Å². The first-order chi connectivity index (χ1) is 9.48. The number of sulfone groups is 1. The first kappa shape index (κ1) is 14.4. The molecular formula is C15H16O4S. The molecule has 0 heterocycles. The molecule has 0 atom stereocenters. The summed E-state index contributed by atoms with van der Waals surface area (Å²) in [7, 11) is -2.05. The lowest BCUT2D eigenvalue weighted by Crippen LogP contribution is -2.05. The fourth-order valence-electron chi connectivity index (χ4n) is 1.97. The van der Waals surface area contributed by atoms with E-state index in [4.69, 9.17) is 4.74 Å². The third-order valence-corrected chi connectivity index (χ3v) is 4.96. The molecule has 4 nitrogen and oxygen atoms in total. The van der Waals surface area contributed by atoms with Crippen LogP contribution in [0.1, 0.15) is 12.5 Å². The van der Waals surface area contributed by atoms with Gasteiger partial charge < -0.3 is 9.84 Å². The van der Waals surface area contributed by atoms with Gasteiger partial charge in [-0.2, -0.15) is 0 Å². The predicted molar refractivity (Wildman–Crippen MR) is 75.9 cm³/mol. The Bertz CT molecular complexity index is 703. The molecule has 2 rings (SSSR count). The molecule has 0 spiro atoms. The van der Waals surface area contributed by atoms with Crippen LogP contribution in [-0.4, -0.2) is 20.6 Å². The Kier molecular flexibility index (Phi) is 3.99. The number of hydrogen-bond acceptors (Lipinski definition) is 4. The van der Waals surface area contributed by atoms with Crippen LogP contribution in [-0.2, 0) is 16.3 Å². The molecule has 0 aliphatic rings. The summed E-state index contributed by atoms with van der Waals surface area (Å²) in [4.78, 5) is 0.432. The van der Waals surface area contributed by atoms with Crippen molar-refractivity contribution in [3.05, 3.63) is 48.0 Å². The molecule has 5 heteroatoms. The molecule has 0 radical (unpaired) electrons. The van der Waals surface area contributed by atoms with Gasteiger partial charge >= 0.3 is 0 Å². The van der Waals surface area contributed by atoms with Gasteiger partial charge in [-0.3, -0.25) is 0 Å². The van der Waals surface area contributed by atoms with Crippen LogP contribution >= 0.6 is 0 Å². The van der Waals surface area contributed by atoms with Gasteiger partial charge in [-0.1, -0.05) is 6.92 Å². The maximum atomic E-state index is 12.6. The van der Waals surface area contributed by atoms with E-state index in [2.05, 4.69) is 0 Å². The summed E-state index contributed by atoms with van der Waals surface area (Å²) in [5.41, 5.74) is 0.706. The van der Waals surface area contributed by atoms with Gasteiger partial charge in [-0.15, -0.1) is 0 Å². The lowest BCUT2D eigenvalue weighted by atomic mass is 10.1. The van der Waals surface area contributed by atoms with Crippen molar-refractivity contribution in [2.24, 2.45) is 0 Å². The third kappa shape index (κ3) is 2.63. The van der Waals surface area contributed by atoms with Gasteiger partial charge in [0.2, 0.25) is 9.84 Å². The number of phenolic OH excluding ortho intramolecular Hbond substituents is 1. The van der Waals surface area contributed by atoms with Crippen molar-refractivity contribution in [3.63, 3.8) is 0 Å². The predicted octanol–water partition coefficient (Wildman–Crippen LogP) is 2.80. The number of phenols is 1. The van der Waals surface area contributed by atoms with Crippen molar-refractivity contribution in [1.82, 2.24) is 0 Å². The second-order valence-electron chi connectivity index (χ2n) is 4.32. The zero-order chi connectivity index (χ0) is 14.8. The van der Waals surface area contributed by atoms with Crippen LogP contribution in [0, 0.1) is 0 Å². The van der Waals surface area contributed by atoms with Crippen molar-refractivity contribution in [1.29, 1.82) is 0 Å². The highest BCUT2D eigenvalue weighted by Gasteiger charge is 2.21. The molecule has 0 saturated heterocycles. The normalized spacial score (nSPS) is 11.3. The van der Waals surface area contributed by atoms with Crippen LogP contribution in [0.3, 0.4) is 0 Å². The van der Waals surface area contributed by atoms with Crippen LogP contribution in [0.5, 0.6) is 11.5 Å². The first-order valence-electron chi connectivity index (χ1n) is 6.20. The largest absolute Gasteiger partial charge is 0.508 e. The molecule has 0 amide bonds. The topological polar surface area (TPSA) is 63.6 Å². The fraction of sp³-hybridized carbons (Fsp3) is 0.200. The zero-order valence-electron chi connectivity index (χ0n) is 11.3. The third-order valence-electron chi connectivity index (χ3n) is 3.09. The average Bonchev–Trinajstić information content (AvgIpc) is 2.46. The number of aromatic hydroxyl groups is 1. The second-order valence-corrected chi connectivity index (χ2v) is 6.24. The first-order valence-corrected chi connectivity index (χ1v) is 7.68. The van der Waals surface area contributed by atoms with Gasteiger partial charge in [-0.25, -0.2) is 8.42 Å². The van der Waals surface area contributed by atoms with E-state index in [1.807, 2.05) is 6.92 Å². The summed E-state index contributed by atoms with van der Waals surface area (Å²) in [6.45, 7) is 1.89. The summed E-state index contributed by atoms with van der Waals surface area (Å²) in [6, 6.07) is 10.4. The average molecular weight is 292 g/mol. The minimum Gasteiger partial charge on any atom is -0.508 e. The molecule has 2 aromatic carbocycles. The number of benzene rings is 2. The summed E-state index contributed by atoms with van der Waals surface area (Å²) in [5.74, 6) is 0.668. The lowest BCUT2D eigenvalue weighted by Gasteiger charge is -2.11. The van der Waals surface area contributed by atoms with Gasteiger partial charge in [0.25, 0.3) is 0 Å². The van der Waals surface area contributed by atoms with Crippen molar-refractivity contribution < 1.29 is 18.3 Å². The number of ether oxygens (including phenoxy) is 1. The summed E-state index contributed by atoms with van der Waals surface area (Å²) in [5, 5.41) is 9.25. The highest BCUT2D eigenvalue weighted by molar-refractivity contribution is 7.91. The monoisotopic (exact) mass is 292 g/mol. The quantitative estimate of drug-likeness (QED) is 0.941. The number of rotatable bonds is 4. The van der Waals surface area contributed by atoms with E-state index in [9.17, 15) is 13.5 Å². The Morgan fingerprint density at radius 1 is 1.10 bits per heavy atom. The SMILES string of the molecule is CCc1cc(OC)ccc1S(=O)(=O)c1ccc(O)cc1. The summed E-state index contributed by atoms with van der Waals surface area (Å²) < 4.78 is 30.3. The second kappa shape index (κ2) is 5.54. The van der Waals surface area contributed by atoms with Gasteiger partial charge in [0, 0.05) is 0 Å². The number of hydrogen-bond donors (Lipinski definition) is 1. The summed E-state index contributed by atoms with van der Waals surface area (Å²) >= 11 is 0. The lowest BCUT2D eigenvalue weighted by molar-refractivity contribution is 0.414. The summed E-state index contributed by atoms with van der Waals surface area (Å²) in [6.07, 6.45) is 0.587. The van der Waals surface area contributed by atoms with E-state index >= 15 is 0 Å². The van der Waals surface area contributed by atoms with Gasteiger partial charge in [-0.05, 0) is 54.4 Å². The van der Waals surface area contributed by atoms with Crippen molar-refractivity contribution in [2.75, 3.05) is 7.11 Å². The molecule has 1 N–H and O–H groups in total. The van der Waals surface area contributed by atoms with Crippen LogP contribution < -0.4 is 4.74 Å². The van der Waals surface area contributed by atoms with Gasteiger partial charge in [0.1, 0.15) is 11.5 Å². The molecule has 2 aromatic rings. The Morgan fingerprint density at radius 2 is 1.75 bits per heavy atom. The van der Waals surface area contributed by atoms with E-state index < -0.39 is 9.84 Å². The molecule has 0 saturated carbocycles. The van der Waals surface area contributed by atoms with E-state index in [1.54, 1.807) is 25.3 Å². The highest BCUT2D eigenvalue weighted by atomic mass is 32.2. The molecule has 20 heavy (non-hydrogen) atoms. The maximum Gasteiger partial charge on any atom is 0.206 e. The Labute approximate surface area is 118 Å². The number of methoxy groups -OCH3 is 1. The molecule has 0 fully saturated rings. The molecule has 0 aliphatic heterocycles. The van der Waals surface area contributed by atoms with E-state index in [-0.39, 0.29) is 15.5 Å². The molecular weight excluding hydrogens is 276 g/mol. The molecule has 0 aliphatic carbocycles. The van der Waals surface area contributed by atoms with E-state index in [0.29, 0.717) is 17.7 Å². The van der Waals surface area contributed by atoms with Crippen LogP contribution in [0.2, 0.25) is 0 Å². The maximum absolute atomic E-state index is 12.6. The highest BCUT2D eigenvalue weighted by Crippen LogP contribution is 2.28. The standard InChI is InChI=1S/C15H16O4S/c1-3-11-10-13(19-2)6-9-15(11)20(17,18)14-7-4-12(16)5-8-14/h4-10,16H,3H2,1-2H3. The van der Waals surface area contributed by atoms with Crippen molar-refractivity contribution >= 4 is 9.84 Å². The minimum absolute atomic E-state index is 0.0365. The smallest absolute Gasteiger partial charge is 0.206 e. The molecule has 106 valence electrons. The zero-order valence-corrected chi connectivity index (χ0v) is 12.1. The van der Waals surface area contributed by atoms with Gasteiger partial charge in [0.15, 0.2) is 0 Å². The van der Waals surface area contributed by atoms with Crippen molar-refractivity contribution in [2.45, 2.75) is 23.1 Å². The van der Waals surface area contributed by atoms with Gasteiger partial charge in [0.05, 0.1) is 16.9 Å². The Morgan fingerprint density at radius 3 is 2.30 bits per heavy atom. The van der Waals surface area contributed by atoms with Crippen LogP contribution in [0.4, 0.5) is 0 Å². The molecule has 0 unspecified atom stereocenters. The fourth-order valence-corrected chi connectivity index (χ4v) is 3.52. The minimum atomic E-state index is -3.59. The number of aryl methyl sites for hydroxylation is 1. The van der Waals surface area contributed by atoms with E-state index in [1.165, 1.54) is 24.3 Å². The Balaban J connectivity index is 2.57. The van der Waals surface area contributed by atoms with Crippen molar-refractivity contribution in [3.8, 4) is 11.5 Å². The molecule has 0 aromatic heterocycles. The van der Waals surface area contributed by atoms with Crippen LogP contribution in [0.25, 0.3) is 0 Å². The Hall–Kier alpha value is -2.01. The molecule has 0 bridgehead atoms. The van der Waals surface area contributed by atoms with Crippen LogP contribution in [0.15, 0.2) is 52.3 Å².